The molecule has 0 unspecified atom stereocenters. The van der Waals surface area contributed by atoms with E-state index in [0.717, 1.165) is 11.1 Å². The molecule has 1 saturated heterocycles. The first-order valence-corrected chi connectivity index (χ1v) is 20.5. The average molecular weight is 765 g/mol. The van der Waals surface area contributed by atoms with Crippen LogP contribution in [0.25, 0.3) is 0 Å². The van der Waals surface area contributed by atoms with E-state index in [1.165, 1.54) is 16.7 Å². The Morgan fingerprint density at radius 1 is 0.907 bits per heavy atom. The number of amides is 5. The molecule has 12 nitrogen and oxygen atoms in total. The van der Waals surface area contributed by atoms with Crippen molar-refractivity contribution >= 4 is 47.1 Å². The molecule has 0 radical (unpaired) electrons. The molecule has 5 atom stereocenters. The SMILES string of the molecule is CSCC[C@H](NC(=O)[C@H](CC(C)C)N(C)C(=O)[C@@H]1CCCN1C(=O)[C@@H](CC(=O)[C@H](Cc1ccccc1)NC(=O)CCCCN)Cc1ccccc1)C(N)=O. The Bertz CT molecular complexity index is 1530. The van der Waals surface area contributed by atoms with Crippen molar-refractivity contribution in [1.29, 1.82) is 0 Å². The van der Waals surface area contributed by atoms with Crippen molar-refractivity contribution in [3.63, 3.8) is 0 Å². The number of rotatable bonds is 23. The van der Waals surface area contributed by atoms with E-state index in [4.69, 9.17) is 11.5 Å². The van der Waals surface area contributed by atoms with Gasteiger partial charge in [-0.15, -0.1) is 0 Å². The Balaban J connectivity index is 1.87. The zero-order valence-electron chi connectivity index (χ0n) is 32.3. The fraction of sp³-hybridized carbons (Fsp3) is 0.561. The van der Waals surface area contributed by atoms with Crippen LogP contribution in [0.15, 0.2) is 60.7 Å². The number of carbonyl (C=O) groups is 6. The normalized spacial score (nSPS) is 16.3. The number of likely N-dealkylation sites (tertiary alicyclic amines) is 1. The fourth-order valence-corrected chi connectivity index (χ4v) is 7.38. The van der Waals surface area contributed by atoms with Gasteiger partial charge in [0.05, 0.1) is 6.04 Å². The predicted molar refractivity (Wildman–Crippen MR) is 213 cm³/mol. The first-order valence-electron chi connectivity index (χ1n) is 19.1. The molecule has 1 aliphatic rings. The van der Waals surface area contributed by atoms with E-state index in [-0.39, 0.29) is 55.1 Å². The average Bonchev–Trinajstić information content (AvgIpc) is 3.65. The van der Waals surface area contributed by atoms with Crippen molar-refractivity contribution in [2.45, 2.75) is 102 Å². The van der Waals surface area contributed by atoms with Crippen LogP contribution in [-0.2, 0) is 41.6 Å². The van der Waals surface area contributed by atoms with Crippen LogP contribution in [0.4, 0.5) is 0 Å². The number of nitrogens with two attached hydrogens (primary N) is 2. The third-order valence-electron chi connectivity index (χ3n) is 9.89. The standard InChI is InChI=1S/C41H60N6O6S/c1-28(2)24-35(39(51)45-32(38(43)50)20-23-54-4)46(3)41(53)34-18-13-22-47(34)40(52)31(25-29-14-7-5-8-15-29)27-36(48)33(26-30-16-9-6-10-17-30)44-37(49)19-11-12-21-42/h5-10,14-17,28,31-35H,11-13,18-27,42H2,1-4H3,(H2,43,50)(H,44,49)(H,45,51)/t31-,32+,33+,34+,35+/m1/s1. The van der Waals surface area contributed by atoms with Gasteiger partial charge in [0.1, 0.15) is 18.1 Å². The molecule has 0 saturated carbocycles. The molecule has 2 aromatic rings. The number of ketones is 1. The molecule has 296 valence electrons. The van der Waals surface area contributed by atoms with Crippen LogP contribution < -0.4 is 22.1 Å². The summed E-state index contributed by atoms with van der Waals surface area (Å²) >= 11 is 1.53. The zero-order chi connectivity index (χ0) is 39.6. The molecule has 13 heteroatoms. The molecule has 0 aromatic heterocycles. The van der Waals surface area contributed by atoms with Gasteiger partial charge in [-0.3, -0.25) is 28.8 Å². The number of nitrogens with one attached hydrogen (secondary N) is 2. The minimum Gasteiger partial charge on any atom is -0.368 e. The number of nitrogens with zero attached hydrogens (tertiary/aromatic N) is 2. The number of unbranched alkanes of at least 4 members (excludes halogenated alkanes) is 1. The summed E-state index contributed by atoms with van der Waals surface area (Å²) in [6.07, 6.45) is 5.54. The summed E-state index contributed by atoms with van der Waals surface area (Å²) in [6, 6.07) is 15.4. The van der Waals surface area contributed by atoms with Gasteiger partial charge in [0, 0.05) is 32.4 Å². The number of primary amides is 1. The molecule has 1 aliphatic heterocycles. The maximum atomic E-state index is 14.6. The molecule has 0 bridgehead atoms. The Kier molecular flexibility index (Phi) is 18.7. The summed E-state index contributed by atoms with van der Waals surface area (Å²) in [5.41, 5.74) is 13.0. The molecule has 1 heterocycles. The van der Waals surface area contributed by atoms with Crippen molar-refractivity contribution in [3.05, 3.63) is 71.8 Å². The number of likely N-dealkylation sites (N-methyl/N-ethyl adjacent to an activating group) is 1. The fourth-order valence-electron chi connectivity index (χ4n) is 6.91. The third-order valence-corrected chi connectivity index (χ3v) is 10.5. The first kappa shape index (κ1) is 44.2. The summed E-state index contributed by atoms with van der Waals surface area (Å²) in [5, 5.41) is 5.70. The van der Waals surface area contributed by atoms with E-state index in [2.05, 4.69) is 10.6 Å². The molecule has 3 rings (SSSR count). The molecule has 1 fully saturated rings. The molecule has 5 amide bonds. The smallest absolute Gasteiger partial charge is 0.245 e. The summed E-state index contributed by atoms with van der Waals surface area (Å²) in [7, 11) is 1.56. The van der Waals surface area contributed by atoms with E-state index < -0.39 is 41.9 Å². The first-order chi connectivity index (χ1) is 25.9. The predicted octanol–water partition coefficient (Wildman–Crippen LogP) is 3.25. The van der Waals surface area contributed by atoms with Crippen LogP contribution >= 0.6 is 11.8 Å². The Morgan fingerprint density at radius 3 is 2.11 bits per heavy atom. The highest BCUT2D eigenvalue weighted by Crippen LogP contribution is 2.27. The van der Waals surface area contributed by atoms with Gasteiger partial charge in [-0.2, -0.15) is 11.8 Å². The summed E-state index contributed by atoms with van der Waals surface area (Å²) in [4.78, 5) is 84.7. The van der Waals surface area contributed by atoms with Gasteiger partial charge in [-0.05, 0) is 87.0 Å². The molecule has 0 aliphatic carbocycles. The van der Waals surface area contributed by atoms with Crippen molar-refractivity contribution in [2.24, 2.45) is 23.3 Å². The van der Waals surface area contributed by atoms with Crippen molar-refractivity contribution in [3.8, 4) is 0 Å². The number of Topliss-reactive ketones (excluding diaryl/α,β-unsaturated/α-hetero) is 1. The summed E-state index contributed by atoms with van der Waals surface area (Å²) in [5.74, 6) is -2.45. The zero-order valence-corrected chi connectivity index (χ0v) is 33.2. The molecule has 54 heavy (non-hydrogen) atoms. The quantitative estimate of drug-likeness (QED) is 0.124. The lowest BCUT2D eigenvalue weighted by Crippen LogP contribution is -2.57. The van der Waals surface area contributed by atoms with Gasteiger partial charge in [0.25, 0.3) is 0 Å². The maximum absolute atomic E-state index is 14.6. The molecule has 2 aromatic carbocycles. The van der Waals surface area contributed by atoms with Crippen LogP contribution in [0.3, 0.4) is 0 Å². The molecule has 0 spiro atoms. The van der Waals surface area contributed by atoms with Crippen LogP contribution in [0.1, 0.15) is 76.3 Å². The maximum Gasteiger partial charge on any atom is 0.245 e. The van der Waals surface area contributed by atoms with Crippen LogP contribution in [0, 0.1) is 11.8 Å². The number of benzene rings is 2. The van der Waals surface area contributed by atoms with Gasteiger partial charge in [0.2, 0.25) is 29.5 Å². The second kappa shape index (κ2) is 22.9. The minimum atomic E-state index is -0.889. The lowest BCUT2D eigenvalue weighted by atomic mass is 9.89. The highest BCUT2D eigenvalue weighted by Gasteiger charge is 2.42. The number of hydrogen-bond donors (Lipinski definition) is 4. The van der Waals surface area contributed by atoms with E-state index in [0.29, 0.717) is 57.4 Å². The van der Waals surface area contributed by atoms with Gasteiger partial charge < -0.3 is 31.9 Å². The van der Waals surface area contributed by atoms with E-state index in [9.17, 15) is 28.8 Å². The lowest BCUT2D eigenvalue weighted by molar-refractivity contribution is -0.149. The van der Waals surface area contributed by atoms with Gasteiger partial charge in [0.15, 0.2) is 5.78 Å². The summed E-state index contributed by atoms with van der Waals surface area (Å²) in [6.45, 7) is 4.69. The monoisotopic (exact) mass is 764 g/mol. The molecular formula is C41H60N6O6S. The second-order valence-corrected chi connectivity index (χ2v) is 15.6. The Morgan fingerprint density at radius 2 is 1.54 bits per heavy atom. The van der Waals surface area contributed by atoms with E-state index in [1.54, 1.807) is 11.9 Å². The highest BCUT2D eigenvalue weighted by molar-refractivity contribution is 7.98. The largest absolute Gasteiger partial charge is 0.368 e. The highest BCUT2D eigenvalue weighted by atomic mass is 32.2. The van der Waals surface area contributed by atoms with E-state index >= 15 is 0 Å². The van der Waals surface area contributed by atoms with Crippen molar-refractivity contribution in [1.82, 2.24) is 20.4 Å². The van der Waals surface area contributed by atoms with Crippen molar-refractivity contribution < 1.29 is 28.8 Å². The van der Waals surface area contributed by atoms with E-state index in [1.807, 2.05) is 80.8 Å². The Labute approximate surface area is 324 Å². The number of thioether (sulfide) groups is 1. The van der Waals surface area contributed by atoms with Gasteiger partial charge in [-0.1, -0.05) is 74.5 Å². The second-order valence-electron chi connectivity index (χ2n) is 14.6. The number of hydrogen-bond acceptors (Lipinski definition) is 8. The lowest BCUT2D eigenvalue weighted by Gasteiger charge is -2.35. The minimum absolute atomic E-state index is 0.0433. The number of carbonyl (C=O) groups excluding carboxylic acids is 6. The topological polar surface area (TPSA) is 185 Å². The van der Waals surface area contributed by atoms with Gasteiger partial charge in [-0.25, -0.2) is 0 Å². The molecular weight excluding hydrogens is 705 g/mol. The van der Waals surface area contributed by atoms with Crippen LogP contribution in [0.5, 0.6) is 0 Å². The van der Waals surface area contributed by atoms with Crippen molar-refractivity contribution in [2.75, 3.05) is 32.1 Å². The Hall–Kier alpha value is -4.23. The third kappa shape index (κ3) is 13.9. The molecule has 6 N–H and O–H groups in total. The van der Waals surface area contributed by atoms with Gasteiger partial charge >= 0.3 is 0 Å². The summed E-state index contributed by atoms with van der Waals surface area (Å²) < 4.78 is 0. The van der Waals surface area contributed by atoms with Crippen LogP contribution in [0.2, 0.25) is 0 Å². The van der Waals surface area contributed by atoms with Crippen LogP contribution in [-0.4, -0.2) is 101 Å².